The second kappa shape index (κ2) is 5.42. The maximum absolute atomic E-state index is 11.5. The second-order valence-corrected chi connectivity index (χ2v) is 4.31. The average molecular weight is 241 g/mol. The largest absolute Gasteiger partial charge is 0.481 e. The summed E-state index contributed by atoms with van der Waals surface area (Å²) in [4.78, 5) is 26.1. The van der Waals surface area contributed by atoms with Crippen molar-refractivity contribution < 1.29 is 19.2 Å². The van der Waals surface area contributed by atoms with Gasteiger partial charge >= 0.3 is 5.97 Å². The Balaban J connectivity index is 2.28. The van der Waals surface area contributed by atoms with Crippen molar-refractivity contribution in [2.24, 2.45) is 5.41 Å². The molecule has 0 radical (unpaired) electrons. The van der Waals surface area contributed by atoms with Crippen LogP contribution in [0, 0.1) is 5.41 Å². The molecule has 0 fully saturated rings. The van der Waals surface area contributed by atoms with E-state index in [2.05, 4.69) is 20.0 Å². The van der Waals surface area contributed by atoms with Crippen LogP contribution in [0.4, 0.5) is 0 Å². The van der Waals surface area contributed by atoms with Crippen LogP contribution >= 0.6 is 0 Å². The summed E-state index contributed by atoms with van der Waals surface area (Å²) < 4.78 is 4.53. The molecule has 2 N–H and O–H groups in total. The van der Waals surface area contributed by atoms with Gasteiger partial charge in [0.05, 0.1) is 5.41 Å². The number of aliphatic carboxylic acids is 1. The minimum atomic E-state index is -1.06. The van der Waals surface area contributed by atoms with E-state index in [-0.39, 0.29) is 12.3 Å². The molecular formula is C10H15N3O4. The zero-order chi connectivity index (χ0) is 12.9. The zero-order valence-corrected chi connectivity index (χ0v) is 9.77. The van der Waals surface area contributed by atoms with Gasteiger partial charge in [-0.2, -0.15) is 4.98 Å². The third-order valence-electron chi connectivity index (χ3n) is 2.26. The first-order chi connectivity index (χ1) is 7.92. The lowest BCUT2D eigenvalue weighted by molar-refractivity contribution is -0.149. The number of carboxylic acid groups (broad SMARTS) is 1. The summed E-state index contributed by atoms with van der Waals surface area (Å²) in [7, 11) is 0. The highest BCUT2D eigenvalue weighted by Crippen LogP contribution is 2.19. The molecule has 1 aromatic rings. The van der Waals surface area contributed by atoms with Gasteiger partial charge in [0.25, 0.3) is 0 Å². The highest BCUT2D eigenvalue weighted by molar-refractivity contribution is 5.84. The number of aromatic nitrogens is 2. The molecule has 0 spiro atoms. The average Bonchev–Trinajstić information content (AvgIpc) is 2.69. The fourth-order valence-electron chi connectivity index (χ4n) is 1.16. The van der Waals surface area contributed by atoms with Crippen molar-refractivity contribution in [2.45, 2.75) is 26.7 Å². The standard InChI is InChI=1S/C10H15N3O4/c1-10(2,9(15)16)5-8(14)11-4-3-7-12-6-17-13-7/h6H,3-5H2,1-2H3,(H,11,14)(H,15,16). The number of nitrogens with zero attached hydrogens (tertiary/aromatic N) is 2. The van der Waals surface area contributed by atoms with Gasteiger partial charge in [0.15, 0.2) is 5.82 Å². The van der Waals surface area contributed by atoms with Crippen LogP contribution in [-0.2, 0) is 16.0 Å². The first kappa shape index (κ1) is 13.1. The van der Waals surface area contributed by atoms with Crippen LogP contribution in [0.3, 0.4) is 0 Å². The number of rotatable bonds is 6. The number of amides is 1. The quantitative estimate of drug-likeness (QED) is 0.738. The summed E-state index contributed by atoms with van der Waals surface area (Å²) >= 11 is 0. The Labute approximate surface area is 98.2 Å². The third kappa shape index (κ3) is 4.21. The summed E-state index contributed by atoms with van der Waals surface area (Å²) in [5, 5.41) is 15.0. The highest BCUT2D eigenvalue weighted by atomic mass is 16.5. The molecule has 7 heteroatoms. The van der Waals surface area contributed by atoms with Gasteiger partial charge in [-0.25, -0.2) is 0 Å². The lowest BCUT2D eigenvalue weighted by Crippen LogP contribution is -2.34. The number of nitrogens with one attached hydrogen (secondary N) is 1. The smallest absolute Gasteiger partial charge is 0.309 e. The van der Waals surface area contributed by atoms with Crippen molar-refractivity contribution in [1.29, 1.82) is 0 Å². The van der Waals surface area contributed by atoms with Crippen molar-refractivity contribution in [3.8, 4) is 0 Å². The lowest BCUT2D eigenvalue weighted by Gasteiger charge is -2.17. The summed E-state index contributed by atoms with van der Waals surface area (Å²) in [5.41, 5.74) is -1.06. The molecule has 0 unspecified atom stereocenters. The summed E-state index contributed by atoms with van der Waals surface area (Å²) in [6, 6.07) is 0. The van der Waals surface area contributed by atoms with E-state index in [0.717, 1.165) is 0 Å². The monoisotopic (exact) mass is 241 g/mol. The predicted molar refractivity (Wildman–Crippen MR) is 57.0 cm³/mol. The zero-order valence-electron chi connectivity index (χ0n) is 9.77. The fraction of sp³-hybridized carbons (Fsp3) is 0.600. The highest BCUT2D eigenvalue weighted by Gasteiger charge is 2.29. The normalized spacial score (nSPS) is 11.2. The molecule has 0 aliphatic carbocycles. The number of carboxylic acids is 1. The van der Waals surface area contributed by atoms with E-state index in [1.807, 2.05) is 0 Å². The fourth-order valence-corrected chi connectivity index (χ4v) is 1.16. The predicted octanol–water partition coefficient (Wildman–Crippen LogP) is 0.229. The van der Waals surface area contributed by atoms with Crippen molar-refractivity contribution in [3.05, 3.63) is 12.2 Å². The number of carbonyl (C=O) groups is 2. The van der Waals surface area contributed by atoms with Crippen molar-refractivity contribution in [1.82, 2.24) is 15.5 Å². The summed E-state index contributed by atoms with van der Waals surface area (Å²) in [6.07, 6.45) is 1.61. The first-order valence-electron chi connectivity index (χ1n) is 5.17. The van der Waals surface area contributed by atoms with Crippen LogP contribution in [0.1, 0.15) is 26.1 Å². The molecule has 7 nitrogen and oxygen atoms in total. The molecule has 0 atom stereocenters. The van der Waals surface area contributed by atoms with E-state index in [1.165, 1.54) is 20.2 Å². The molecule has 1 rings (SSSR count). The number of carbonyl (C=O) groups excluding carboxylic acids is 1. The molecule has 1 aromatic heterocycles. The topological polar surface area (TPSA) is 105 Å². The molecule has 0 saturated carbocycles. The minimum absolute atomic E-state index is 0.0609. The Hall–Kier alpha value is -1.92. The molecule has 0 aliphatic heterocycles. The van der Waals surface area contributed by atoms with E-state index in [4.69, 9.17) is 5.11 Å². The SMILES string of the molecule is CC(C)(CC(=O)NCCc1ncon1)C(=O)O. The summed E-state index contributed by atoms with van der Waals surface area (Å²) in [6.45, 7) is 3.37. The lowest BCUT2D eigenvalue weighted by atomic mass is 9.89. The molecule has 1 heterocycles. The van der Waals surface area contributed by atoms with Gasteiger partial charge in [-0.1, -0.05) is 5.16 Å². The van der Waals surface area contributed by atoms with E-state index in [9.17, 15) is 9.59 Å². The van der Waals surface area contributed by atoms with Crippen molar-refractivity contribution in [2.75, 3.05) is 6.54 Å². The Morgan fingerprint density at radius 1 is 1.53 bits per heavy atom. The van der Waals surface area contributed by atoms with E-state index in [1.54, 1.807) is 0 Å². The van der Waals surface area contributed by atoms with Gasteiger partial charge in [-0.3, -0.25) is 9.59 Å². The molecule has 17 heavy (non-hydrogen) atoms. The first-order valence-corrected chi connectivity index (χ1v) is 5.17. The van der Waals surface area contributed by atoms with E-state index in [0.29, 0.717) is 18.8 Å². The Morgan fingerprint density at radius 2 is 2.24 bits per heavy atom. The molecule has 94 valence electrons. The molecule has 0 saturated heterocycles. The van der Waals surface area contributed by atoms with Gasteiger partial charge < -0.3 is 14.9 Å². The maximum atomic E-state index is 11.5. The Kier molecular flexibility index (Phi) is 4.19. The van der Waals surface area contributed by atoms with Crippen molar-refractivity contribution >= 4 is 11.9 Å². The Bertz CT molecular complexity index is 386. The molecule has 0 aliphatic rings. The van der Waals surface area contributed by atoms with E-state index >= 15 is 0 Å². The minimum Gasteiger partial charge on any atom is -0.481 e. The molecule has 0 bridgehead atoms. The van der Waals surface area contributed by atoms with Crippen LogP contribution in [0.25, 0.3) is 0 Å². The van der Waals surface area contributed by atoms with Gasteiger partial charge in [0.1, 0.15) is 0 Å². The van der Waals surface area contributed by atoms with Gasteiger partial charge in [0.2, 0.25) is 12.3 Å². The van der Waals surface area contributed by atoms with Crippen LogP contribution in [0.2, 0.25) is 0 Å². The van der Waals surface area contributed by atoms with Crippen LogP contribution in [-0.4, -0.2) is 33.7 Å². The second-order valence-electron chi connectivity index (χ2n) is 4.31. The maximum Gasteiger partial charge on any atom is 0.309 e. The van der Waals surface area contributed by atoms with Crippen LogP contribution < -0.4 is 5.32 Å². The number of hydrogen-bond donors (Lipinski definition) is 2. The molecular weight excluding hydrogens is 226 g/mol. The summed E-state index contributed by atoms with van der Waals surface area (Å²) in [5.74, 6) is -0.797. The van der Waals surface area contributed by atoms with Gasteiger partial charge in [-0.05, 0) is 13.8 Å². The van der Waals surface area contributed by atoms with Gasteiger partial charge in [0, 0.05) is 19.4 Å². The van der Waals surface area contributed by atoms with Crippen LogP contribution in [0.15, 0.2) is 10.9 Å². The molecule has 1 amide bonds. The number of hydrogen-bond acceptors (Lipinski definition) is 5. The van der Waals surface area contributed by atoms with Crippen molar-refractivity contribution in [3.63, 3.8) is 0 Å². The molecule has 0 aromatic carbocycles. The Morgan fingerprint density at radius 3 is 2.76 bits per heavy atom. The van der Waals surface area contributed by atoms with Crippen LogP contribution in [0.5, 0.6) is 0 Å². The van der Waals surface area contributed by atoms with Gasteiger partial charge in [-0.15, -0.1) is 0 Å². The third-order valence-corrected chi connectivity index (χ3v) is 2.26. The van der Waals surface area contributed by atoms with E-state index < -0.39 is 11.4 Å².